The summed E-state index contributed by atoms with van der Waals surface area (Å²) in [5, 5.41) is 11.8. The summed E-state index contributed by atoms with van der Waals surface area (Å²) in [6.45, 7) is 7.47. The van der Waals surface area contributed by atoms with Gasteiger partial charge in [0.15, 0.2) is 0 Å². The van der Waals surface area contributed by atoms with E-state index in [1.807, 2.05) is 14.0 Å². The lowest BCUT2D eigenvalue weighted by Crippen LogP contribution is -2.18. The van der Waals surface area contributed by atoms with Crippen LogP contribution in [0.2, 0.25) is 0 Å². The molecule has 3 atom stereocenters. The van der Waals surface area contributed by atoms with E-state index in [-0.39, 0.29) is 5.92 Å². The lowest BCUT2D eigenvalue weighted by molar-refractivity contribution is -0.138. The van der Waals surface area contributed by atoms with Crippen molar-refractivity contribution in [3.05, 3.63) is 0 Å². The van der Waals surface area contributed by atoms with Crippen LogP contribution in [0.4, 0.5) is 0 Å². The summed E-state index contributed by atoms with van der Waals surface area (Å²) >= 11 is 0. The molecule has 15 heavy (non-hydrogen) atoms. The summed E-state index contributed by atoms with van der Waals surface area (Å²) in [6, 6.07) is 0. The van der Waals surface area contributed by atoms with Crippen LogP contribution in [0.15, 0.2) is 0 Å². The van der Waals surface area contributed by atoms with Crippen molar-refractivity contribution in [3.8, 4) is 0 Å². The van der Waals surface area contributed by atoms with Crippen molar-refractivity contribution in [1.29, 1.82) is 0 Å². The Labute approximate surface area is 93.3 Å². The average molecular weight is 215 g/mol. The molecule has 0 radical (unpaired) electrons. The van der Waals surface area contributed by atoms with Gasteiger partial charge in [0.25, 0.3) is 0 Å². The van der Waals surface area contributed by atoms with Crippen molar-refractivity contribution >= 4 is 5.97 Å². The molecular formula is C12H25NO2. The minimum absolute atomic E-state index is 0.277. The molecule has 0 heterocycles. The summed E-state index contributed by atoms with van der Waals surface area (Å²) in [4.78, 5) is 10.6. The van der Waals surface area contributed by atoms with E-state index in [9.17, 15) is 4.79 Å². The van der Waals surface area contributed by atoms with Crippen LogP contribution in [0.25, 0.3) is 0 Å². The molecule has 0 aliphatic heterocycles. The Hall–Kier alpha value is -0.570. The van der Waals surface area contributed by atoms with E-state index >= 15 is 0 Å². The van der Waals surface area contributed by atoms with Crippen molar-refractivity contribution in [2.75, 3.05) is 13.6 Å². The van der Waals surface area contributed by atoms with Gasteiger partial charge in [0.1, 0.15) is 0 Å². The maximum atomic E-state index is 10.6. The largest absolute Gasteiger partial charge is 0.481 e. The smallest absolute Gasteiger partial charge is 0.303 e. The van der Waals surface area contributed by atoms with Gasteiger partial charge in [-0.1, -0.05) is 20.8 Å². The molecule has 0 aromatic carbocycles. The summed E-state index contributed by atoms with van der Waals surface area (Å²) < 4.78 is 0. The standard InChI is InChI=1S/C12H25NO2/c1-9(5-6-13-4)7-10(2)11(3)8-12(14)15/h9-11,13H,5-8H2,1-4H3,(H,14,15)/t9-,10+,11+/m1/s1. The molecule has 0 aliphatic rings. The second-order valence-corrected chi connectivity index (χ2v) is 4.79. The van der Waals surface area contributed by atoms with E-state index in [1.54, 1.807) is 0 Å². The second-order valence-electron chi connectivity index (χ2n) is 4.79. The highest BCUT2D eigenvalue weighted by molar-refractivity contribution is 5.66. The van der Waals surface area contributed by atoms with Gasteiger partial charge in [-0.15, -0.1) is 0 Å². The molecule has 0 saturated heterocycles. The van der Waals surface area contributed by atoms with E-state index in [2.05, 4.69) is 19.2 Å². The number of carbonyl (C=O) groups is 1. The molecular weight excluding hydrogens is 190 g/mol. The number of rotatable bonds is 8. The van der Waals surface area contributed by atoms with Crippen LogP contribution < -0.4 is 5.32 Å². The highest BCUT2D eigenvalue weighted by atomic mass is 16.4. The van der Waals surface area contributed by atoms with E-state index in [0.29, 0.717) is 18.3 Å². The van der Waals surface area contributed by atoms with Crippen LogP contribution in [0.3, 0.4) is 0 Å². The van der Waals surface area contributed by atoms with Crippen molar-refractivity contribution in [3.63, 3.8) is 0 Å². The monoisotopic (exact) mass is 215 g/mol. The zero-order valence-corrected chi connectivity index (χ0v) is 10.4. The van der Waals surface area contributed by atoms with Gasteiger partial charge in [0.05, 0.1) is 0 Å². The number of nitrogens with one attached hydrogen (secondary N) is 1. The van der Waals surface area contributed by atoms with Crippen molar-refractivity contribution < 1.29 is 9.90 Å². The second kappa shape index (κ2) is 7.69. The number of hydrogen-bond donors (Lipinski definition) is 2. The molecule has 0 unspecified atom stereocenters. The summed E-state index contributed by atoms with van der Waals surface area (Å²) in [6.07, 6.45) is 2.58. The van der Waals surface area contributed by atoms with E-state index in [4.69, 9.17) is 5.11 Å². The molecule has 2 N–H and O–H groups in total. The molecule has 0 aliphatic carbocycles. The predicted molar refractivity (Wildman–Crippen MR) is 62.9 cm³/mol. The third-order valence-electron chi connectivity index (χ3n) is 3.13. The van der Waals surface area contributed by atoms with Gasteiger partial charge in [-0.25, -0.2) is 0 Å². The van der Waals surface area contributed by atoms with Crippen molar-refractivity contribution in [1.82, 2.24) is 5.32 Å². The molecule has 3 heteroatoms. The Balaban J connectivity index is 3.79. The van der Waals surface area contributed by atoms with E-state index in [1.165, 1.54) is 6.42 Å². The van der Waals surface area contributed by atoms with Gasteiger partial charge in [-0.3, -0.25) is 4.79 Å². The summed E-state index contributed by atoms with van der Waals surface area (Å²) in [5.41, 5.74) is 0. The first-order valence-electron chi connectivity index (χ1n) is 5.83. The van der Waals surface area contributed by atoms with Crippen LogP contribution in [0.5, 0.6) is 0 Å². The van der Waals surface area contributed by atoms with Crippen LogP contribution in [-0.2, 0) is 4.79 Å². The minimum Gasteiger partial charge on any atom is -0.481 e. The summed E-state index contributed by atoms with van der Waals surface area (Å²) in [5.74, 6) is 0.758. The maximum absolute atomic E-state index is 10.6. The molecule has 0 amide bonds. The Morgan fingerprint density at radius 2 is 1.87 bits per heavy atom. The lowest BCUT2D eigenvalue weighted by Gasteiger charge is -2.22. The topological polar surface area (TPSA) is 49.3 Å². The van der Waals surface area contributed by atoms with Gasteiger partial charge in [-0.05, 0) is 44.2 Å². The maximum Gasteiger partial charge on any atom is 0.303 e. The number of hydrogen-bond acceptors (Lipinski definition) is 2. The molecule has 0 aromatic rings. The van der Waals surface area contributed by atoms with Crippen molar-refractivity contribution in [2.45, 2.75) is 40.0 Å². The first-order valence-corrected chi connectivity index (χ1v) is 5.83. The SMILES string of the molecule is CNCC[C@@H](C)C[C@H](C)[C@@H](C)CC(=O)O. The Bertz CT molecular complexity index is 182. The Morgan fingerprint density at radius 1 is 1.27 bits per heavy atom. The first-order chi connectivity index (χ1) is 6.97. The number of aliphatic carboxylic acids is 1. The average Bonchev–Trinajstić information content (AvgIpc) is 2.13. The minimum atomic E-state index is -0.683. The number of carboxylic acids is 1. The third-order valence-corrected chi connectivity index (χ3v) is 3.13. The molecule has 90 valence electrons. The zero-order valence-electron chi connectivity index (χ0n) is 10.4. The molecule has 0 saturated carbocycles. The van der Waals surface area contributed by atoms with Crippen LogP contribution in [-0.4, -0.2) is 24.7 Å². The molecule has 0 rings (SSSR count). The van der Waals surface area contributed by atoms with Crippen LogP contribution >= 0.6 is 0 Å². The van der Waals surface area contributed by atoms with Gasteiger partial charge in [-0.2, -0.15) is 0 Å². The summed E-state index contributed by atoms with van der Waals surface area (Å²) in [7, 11) is 1.96. The fourth-order valence-corrected chi connectivity index (χ4v) is 1.85. The third kappa shape index (κ3) is 7.37. The normalized spacial score (nSPS) is 17.1. The molecule has 3 nitrogen and oxygen atoms in total. The molecule has 0 bridgehead atoms. The van der Waals surface area contributed by atoms with Gasteiger partial charge in [0, 0.05) is 6.42 Å². The fourth-order valence-electron chi connectivity index (χ4n) is 1.85. The molecule has 0 aromatic heterocycles. The van der Waals surface area contributed by atoms with Gasteiger partial charge < -0.3 is 10.4 Å². The van der Waals surface area contributed by atoms with Crippen LogP contribution in [0.1, 0.15) is 40.0 Å². The zero-order chi connectivity index (χ0) is 11.8. The highest BCUT2D eigenvalue weighted by Gasteiger charge is 2.17. The Morgan fingerprint density at radius 3 is 2.33 bits per heavy atom. The van der Waals surface area contributed by atoms with E-state index in [0.717, 1.165) is 13.0 Å². The Kier molecular flexibility index (Phi) is 7.39. The van der Waals surface area contributed by atoms with E-state index < -0.39 is 5.97 Å². The molecule has 0 spiro atoms. The van der Waals surface area contributed by atoms with Crippen LogP contribution in [0, 0.1) is 17.8 Å². The van der Waals surface area contributed by atoms with Gasteiger partial charge >= 0.3 is 5.97 Å². The fraction of sp³-hybridized carbons (Fsp3) is 0.917. The lowest BCUT2D eigenvalue weighted by atomic mass is 9.84. The van der Waals surface area contributed by atoms with Gasteiger partial charge in [0.2, 0.25) is 0 Å². The van der Waals surface area contributed by atoms with Crippen molar-refractivity contribution in [2.24, 2.45) is 17.8 Å². The first kappa shape index (κ1) is 14.4. The quantitative estimate of drug-likeness (QED) is 0.653. The predicted octanol–water partition coefficient (Wildman–Crippen LogP) is 2.37. The molecule has 0 fully saturated rings. The number of carboxylic acid groups (broad SMARTS) is 1. The highest BCUT2D eigenvalue weighted by Crippen LogP contribution is 2.23.